The lowest BCUT2D eigenvalue weighted by Crippen LogP contribution is -1.93. The molecule has 0 saturated heterocycles. The van der Waals surface area contributed by atoms with Gasteiger partial charge in [-0.3, -0.25) is 4.57 Å². The molecule has 1 aliphatic heterocycles. The van der Waals surface area contributed by atoms with E-state index in [0.29, 0.717) is 18.9 Å². The molecular weight excluding hydrogens is 147 g/mol. The van der Waals surface area contributed by atoms with Gasteiger partial charge in [0.15, 0.2) is 0 Å². The fraction of sp³-hybridized carbons (Fsp3) is 0.714. The van der Waals surface area contributed by atoms with Gasteiger partial charge >= 0.3 is 0 Å². The molecule has 0 amide bonds. The van der Waals surface area contributed by atoms with Crippen LogP contribution in [0.2, 0.25) is 0 Å². The van der Waals surface area contributed by atoms with E-state index in [0.717, 1.165) is 6.42 Å². The Hall–Kier alpha value is -0.0700. The minimum atomic E-state index is -2.20. The zero-order valence-corrected chi connectivity index (χ0v) is 7.14. The van der Waals surface area contributed by atoms with Crippen molar-refractivity contribution < 1.29 is 9.09 Å². The lowest BCUT2D eigenvalue weighted by atomic mass is 10.5. The number of rotatable bonds is 3. The molecular formula is C7H13O2P. The highest BCUT2D eigenvalue weighted by Crippen LogP contribution is 2.49. The Balaban J connectivity index is 2.32. The molecule has 0 N–H and O–H groups in total. The van der Waals surface area contributed by atoms with Crippen molar-refractivity contribution in [3.05, 3.63) is 12.2 Å². The van der Waals surface area contributed by atoms with Crippen LogP contribution in [0.25, 0.3) is 0 Å². The predicted molar refractivity (Wildman–Crippen MR) is 42.7 cm³/mol. The second-order valence-corrected chi connectivity index (χ2v) is 5.10. The van der Waals surface area contributed by atoms with Gasteiger partial charge in [0.05, 0.1) is 6.61 Å². The first-order valence-corrected chi connectivity index (χ1v) is 5.64. The van der Waals surface area contributed by atoms with Crippen LogP contribution in [-0.2, 0) is 9.09 Å². The topological polar surface area (TPSA) is 26.3 Å². The van der Waals surface area contributed by atoms with Crippen molar-refractivity contribution >= 4 is 7.37 Å². The van der Waals surface area contributed by atoms with Crippen LogP contribution >= 0.6 is 7.37 Å². The van der Waals surface area contributed by atoms with Crippen molar-refractivity contribution in [3.8, 4) is 0 Å². The van der Waals surface area contributed by atoms with E-state index in [1.807, 2.05) is 19.1 Å². The van der Waals surface area contributed by atoms with E-state index < -0.39 is 7.37 Å². The Kier molecular flexibility index (Phi) is 2.70. The third kappa shape index (κ3) is 1.96. The zero-order chi connectivity index (χ0) is 7.45. The molecule has 1 rings (SSSR count). The molecule has 0 aromatic carbocycles. The molecule has 3 heteroatoms. The van der Waals surface area contributed by atoms with Crippen LogP contribution in [0, 0.1) is 0 Å². The lowest BCUT2D eigenvalue weighted by molar-refractivity contribution is 0.317. The molecule has 0 spiro atoms. The molecule has 0 aromatic rings. The Labute approximate surface area is 61.7 Å². The van der Waals surface area contributed by atoms with Crippen molar-refractivity contribution in [2.45, 2.75) is 13.3 Å². The highest BCUT2D eigenvalue weighted by atomic mass is 31.2. The Morgan fingerprint density at radius 2 is 2.10 bits per heavy atom. The maximum Gasteiger partial charge on any atom is 0.210 e. The van der Waals surface area contributed by atoms with Gasteiger partial charge in [-0.15, -0.1) is 0 Å². The van der Waals surface area contributed by atoms with Crippen LogP contribution in [0.3, 0.4) is 0 Å². The summed E-state index contributed by atoms with van der Waals surface area (Å²) in [7, 11) is -2.20. The monoisotopic (exact) mass is 160 g/mol. The minimum absolute atomic E-state index is 0.638. The molecule has 0 bridgehead atoms. The van der Waals surface area contributed by atoms with Crippen LogP contribution in [0.15, 0.2) is 12.2 Å². The summed E-state index contributed by atoms with van der Waals surface area (Å²) >= 11 is 0. The molecule has 2 nitrogen and oxygen atoms in total. The molecule has 10 heavy (non-hydrogen) atoms. The van der Waals surface area contributed by atoms with E-state index in [-0.39, 0.29) is 0 Å². The number of hydrogen-bond acceptors (Lipinski definition) is 2. The maximum absolute atomic E-state index is 11.5. The summed E-state index contributed by atoms with van der Waals surface area (Å²) < 4.78 is 16.7. The van der Waals surface area contributed by atoms with Crippen LogP contribution in [0.5, 0.6) is 0 Å². The Morgan fingerprint density at radius 3 is 2.60 bits per heavy atom. The quantitative estimate of drug-likeness (QED) is 0.467. The van der Waals surface area contributed by atoms with Gasteiger partial charge in [-0.2, -0.15) is 0 Å². The third-order valence-electron chi connectivity index (χ3n) is 1.46. The molecule has 0 radical (unpaired) electrons. The summed E-state index contributed by atoms with van der Waals surface area (Å²) in [5, 5.41) is 0. The van der Waals surface area contributed by atoms with E-state index in [2.05, 4.69) is 0 Å². The fourth-order valence-electron chi connectivity index (χ4n) is 0.908. The van der Waals surface area contributed by atoms with Gasteiger partial charge < -0.3 is 4.52 Å². The van der Waals surface area contributed by atoms with Gasteiger partial charge in [-0.1, -0.05) is 19.1 Å². The predicted octanol–water partition coefficient (Wildman–Crippen LogP) is 2.26. The lowest BCUT2D eigenvalue weighted by Gasteiger charge is -2.10. The third-order valence-corrected chi connectivity index (χ3v) is 3.65. The van der Waals surface area contributed by atoms with E-state index in [1.165, 1.54) is 0 Å². The first-order valence-electron chi connectivity index (χ1n) is 3.64. The highest BCUT2D eigenvalue weighted by molar-refractivity contribution is 7.59. The molecule has 58 valence electrons. The summed E-state index contributed by atoms with van der Waals surface area (Å²) in [6.45, 7) is 2.66. The van der Waals surface area contributed by atoms with E-state index in [1.54, 1.807) is 0 Å². The van der Waals surface area contributed by atoms with Gasteiger partial charge in [0.25, 0.3) is 0 Å². The van der Waals surface area contributed by atoms with Crippen molar-refractivity contribution in [2.75, 3.05) is 18.9 Å². The molecule has 0 saturated carbocycles. The average Bonchev–Trinajstić information content (AvgIpc) is 2.33. The minimum Gasteiger partial charge on any atom is -0.328 e. The fourth-order valence-corrected chi connectivity index (χ4v) is 2.72. The van der Waals surface area contributed by atoms with Crippen molar-refractivity contribution in [1.82, 2.24) is 0 Å². The van der Waals surface area contributed by atoms with E-state index in [4.69, 9.17) is 4.52 Å². The zero-order valence-electron chi connectivity index (χ0n) is 6.25. The normalized spacial score (nSPS) is 21.7. The molecule has 1 heterocycles. The van der Waals surface area contributed by atoms with Crippen LogP contribution in [0.1, 0.15) is 13.3 Å². The molecule has 0 fully saturated rings. The summed E-state index contributed by atoms with van der Waals surface area (Å²) in [5.41, 5.74) is 0. The van der Waals surface area contributed by atoms with Crippen LogP contribution < -0.4 is 0 Å². The number of allylic oxidation sites excluding steroid dienone is 2. The van der Waals surface area contributed by atoms with Crippen molar-refractivity contribution in [1.29, 1.82) is 0 Å². The summed E-state index contributed by atoms with van der Waals surface area (Å²) in [6.07, 6.45) is 6.12. The van der Waals surface area contributed by atoms with Crippen LogP contribution in [0.4, 0.5) is 0 Å². The van der Waals surface area contributed by atoms with Gasteiger partial charge in [0.2, 0.25) is 7.37 Å². The van der Waals surface area contributed by atoms with E-state index >= 15 is 0 Å². The molecule has 1 aliphatic rings. The second-order valence-electron chi connectivity index (χ2n) is 2.48. The first kappa shape index (κ1) is 8.03. The molecule has 0 aromatic heterocycles. The molecule has 0 unspecified atom stereocenters. The van der Waals surface area contributed by atoms with E-state index in [9.17, 15) is 4.57 Å². The summed E-state index contributed by atoms with van der Waals surface area (Å²) in [5.74, 6) is 0. The smallest absolute Gasteiger partial charge is 0.210 e. The van der Waals surface area contributed by atoms with Gasteiger partial charge in [0, 0.05) is 12.3 Å². The largest absolute Gasteiger partial charge is 0.328 e. The first-order chi connectivity index (χ1) is 4.77. The van der Waals surface area contributed by atoms with Gasteiger partial charge in [-0.25, -0.2) is 0 Å². The Bertz CT molecular complexity index is 162. The Morgan fingerprint density at radius 1 is 1.50 bits per heavy atom. The summed E-state index contributed by atoms with van der Waals surface area (Å²) in [6, 6.07) is 0. The van der Waals surface area contributed by atoms with Crippen molar-refractivity contribution in [2.24, 2.45) is 0 Å². The highest BCUT2D eigenvalue weighted by Gasteiger charge is 2.22. The maximum atomic E-state index is 11.5. The molecule has 0 atom stereocenters. The second kappa shape index (κ2) is 3.36. The molecule has 0 aliphatic carbocycles. The average molecular weight is 160 g/mol. The van der Waals surface area contributed by atoms with Crippen LogP contribution in [-0.4, -0.2) is 18.9 Å². The van der Waals surface area contributed by atoms with Gasteiger partial charge in [-0.05, 0) is 6.42 Å². The summed E-state index contributed by atoms with van der Waals surface area (Å²) in [4.78, 5) is 0. The number of hydrogen-bond donors (Lipinski definition) is 0. The SMILES string of the molecule is CCCOP1(=O)CC=CC1. The van der Waals surface area contributed by atoms with Gasteiger partial charge in [0.1, 0.15) is 0 Å². The van der Waals surface area contributed by atoms with Crippen molar-refractivity contribution in [3.63, 3.8) is 0 Å². The standard InChI is InChI=1S/C7H13O2P/c1-2-5-9-10(8)6-3-4-7-10/h3-4H,2,5-7H2,1H3.